The van der Waals surface area contributed by atoms with Crippen LogP contribution in [0.2, 0.25) is 0 Å². The number of allylic oxidation sites excluding steroid dienone is 8. The largest absolute Gasteiger partial charge is 0.472 e. The van der Waals surface area contributed by atoms with E-state index in [2.05, 4.69) is 62.5 Å². The molecule has 332 valence electrons. The summed E-state index contributed by atoms with van der Waals surface area (Å²) in [7, 11) is -0.740. The van der Waals surface area contributed by atoms with Crippen LogP contribution >= 0.6 is 7.82 Å². The van der Waals surface area contributed by atoms with Gasteiger partial charge in [0, 0.05) is 19.4 Å². The monoisotopic (exact) mass is 824 g/mol. The van der Waals surface area contributed by atoms with Gasteiger partial charge in [-0.15, -0.1) is 0 Å². The number of hydrogen-bond acceptors (Lipinski definition) is 8. The second kappa shape index (κ2) is 42.1. The second-order valence-corrected chi connectivity index (χ2v) is 17.0. The Hall–Kier alpha value is -2.03. The number of carbonyl (C=O) groups excluding carboxylic acids is 2. The quantitative estimate of drug-likeness (QED) is 0.0278. The fraction of sp³-hybridized carbons (Fsp3) is 0.787. The van der Waals surface area contributed by atoms with E-state index in [1.54, 1.807) is 0 Å². The van der Waals surface area contributed by atoms with Crippen LogP contribution in [0.5, 0.6) is 0 Å². The van der Waals surface area contributed by atoms with Gasteiger partial charge in [-0.2, -0.15) is 0 Å². The Morgan fingerprint density at radius 3 is 1.47 bits per heavy atom. The SMILES string of the molecule is CCCCCCCC/C=C\C/C=C\C/C=C\CCCC(=O)OC(COC(=O)CCCCCCCCC/C=C\CCCCCCCC)COP(=O)(O)OCCN(C)C. The Morgan fingerprint density at radius 1 is 0.544 bits per heavy atom. The first-order chi connectivity index (χ1) is 27.7. The first-order valence-electron chi connectivity index (χ1n) is 22.9. The molecule has 0 aliphatic rings. The number of nitrogens with zero attached hydrogens (tertiary/aromatic N) is 1. The van der Waals surface area contributed by atoms with Crippen LogP contribution in [-0.2, 0) is 32.7 Å². The van der Waals surface area contributed by atoms with Gasteiger partial charge in [0.2, 0.25) is 0 Å². The predicted molar refractivity (Wildman–Crippen MR) is 238 cm³/mol. The van der Waals surface area contributed by atoms with Crippen molar-refractivity contribution in [2.24, 2.45) is 0 Å². The van der Waals surface area contributed by atoms with Crippen molar-refractivity contribution >= 4 is 19.8 Å². The third-order valence-corrected chi connectivity index (χ3v) is 10.6. The first-order valence-corrected chi connectivity index (χ1v) is 24.4. The van der Waals surface area contributed by atoms with Gasteiger partial charge >= 0.3 is 19.8 Å². The molecule has 0 aromatic carbocycles. The van der Waals surface area contributed by atoms with Crippen molar-refractivity contribution in [3.05, 3.63) is 48.6 Å². The summed E-state index contributed by atoms with van der Waals surface area (Å²) in [5.41, 5.74) is 0. The van der Waals surface area contributed by atoms with E-state index in [1.165, 1.54) is 103 Å². The molecular formula is C47H86NO8P. The third-order valence-electron chi connectivity index (χ3n) is 9.61. The zero-order valence-corrected chi connectivity index (χ0v) is 37.9. The smallest absolute Gasteiger partial charge is 0.462 e. The highest BCUT2D eigenvalue weighted by Gasteiger charge is 2.26. The third kappa shape index (κ3) is 43.4. The van der Waals surface area contributed by atoms with Crippen LogP contribution in [-0.4, -0.2) is 68.3 Å². The summed E-state index contributed by atoms with van der Waals surface area (Å²) >= 11 is 0. The number of likely N-dealkylation sites (N-methyl/N-ethyl adjacent to an activating group) is 1. The van der Waals surface area contributed by atoms with Crippen molar-refractivity contribution in [2.45, 2.75) is 200 Å². The highest BCUT2D eigenvalue weighted by atomic mass is 31.2. The maximum absolute atomic E-state index is 12.6. The van der Waals surface area contributed by atoms with Crippen molar-refractivity contribution in [2.75, 3.05) is 40.5 Å². The maximum Gasteiger partial charge on any atom is 0.472 e. The minimum atomic E-state index is -4.38. The first kappa shape index (κ1) is 55.0. The molecule has 57 heavy (non-hydrogen) atoms. The van der Waals surface area contributed by atoms with Gasteiger partial charge in [-0.3, -0.25) is 18.6 Å². The van der Waals surface area contributed by atoms with E-state index in [0.29, 0.717) is 13.0 Å². The molecule has 10 heteroatoms. The van der Waals surface area contributed by atoms with Crippen LogP contribution in [0.3, 0.4) is 0 Å². The van der Waals surface area contributed by atoms with E-state index in [4.69, 9.17) is 18.5 Å². The Bertz CT molecular complexity index is 1090. The number of ether oxygens (including phenoxy) is 2. The number of rotatable bonds is 42. The van der Waals surface area contributed by atoms with Crippen LogP contribution < -0.4 is 0 Å². The highest BCUT2D eigenvalue weighted by Crippen LogP contribution is 2.43. The minimum absolute atomic E-state index is 0.00339. The fourth-order valence-corrected chi connectivity index (χ4v) is 6.79. The van der Waals surface area contributed by atoms with Gasteiger partial charge in [-0.25, -0.2) is 4.57 Å². The predicted octanol–water partition coefficient (Wildman–Crippen LogP) is 13.3. The van der Waals surface area contributed by atoms with Crippen LogP contribution in [0, 0.1) is 0 Å². The number of carbonyl (C=O) groups is 2. The molecule has 2 unspecified atom stereocenters. The van der Waals surface area contributed by atoms with E-state index in [0.717, 1.165) is 57.8 Å². The molecule has 0 heterocycles. The lowest BCUT2D eigenvalue weighted by Crippen LogP contribution is -2.29. The molecule has 0 saturated heterocycles. The molecule has 0 aromatic heterocycles. The highest BCUT2D eigenvalue weighted by molar-refractivity contribution is 7.47. The van der Waals surface area contributed by atoms with Crippen molar-refractivity contribution < 1.29 is 37.6 Å². The van der Waals surface area contributed by atoms with Crippen LogP contribution in [0.4, 0.5) is 0 Å². The number of phosphoric acid groups is 1. The lowest BCUT2D eigenvalue weighted by molar-refractivity contribution is -0.161. The normalized spacial score (nSPS) is 13.8. The van der Waals surface area contributed by atoms with Crippen LogP contribution in [0.15, 0.2) is 48.6 Å². The zero-order valence-electron chi connectivity index (χ0n) is 37.0. The standard InChI is InChI=1S/C47H86NO8P/c1-5-7-9-11-13-15-17-19-21-23-25-27-29-31-33-35-37-39-46(49)53-43-45(44-55-57(51,52)54-42-41-48(3)4)56-47(50)40-38-36-34-32-30-28-26-24-22-20-18-16-14-12-10-8-6-2/h19-22,26,28,32,34,45H,5-18,23-25,27,29-31,33,35-44H2,1-4H3,(H,51,52)/b21-19-,22-20-,28-26-,34-32-. The molecule has 1 N–H and O–H groups in total. The molecule has 0 aliphatic carbocycles. The summed E-state index contributed by atoms with van der Waals surface area (Å²) in [4.78, 5) is 37.0. The van der Waals surface area contributed by atoms with Crippen molar-refractivity contribution in [3.8, 4) is 0 Å². The number of phosphoric ester groups is 1. The summed E-state index contributed by atoms with van der Waals surface area (Å²) in [6.07, 6.45) is 47.4. The molecule has 2 atom stereocenters. The lowest BCUT2D eigenvalue weighted by Gasteiger charge is -2.20. The van der Waals surface area contributed by atoms with E-state index < -0.39 is 26.5 Å². The van der Waals surface area contributed by atoms with Gasteiger partial charge in [0.1, 0.15) is 6.61 Å². The zero-order chi connectivity index (χ0) is 41.9. The molecule has 0 fully saturated rings. The number of esters is 2. The second-order valence-electron chi connectivity index (χ2n) is 15.6. The summed E-state index contributed by atoms with van der Waals surface area (Å²) < 4.78 is 33.4. The fourth-order valence-electron chi connectivity index (χ4n) is 6.05. The number of hydrogen-bond donors (Lipinski definition) is 1. The average Bonchev–Trinajstić information content (AvgIpc) is 3.18. The molecule has 0 spiro atoms. The minimum Gasteiger partial charge on any atom is -0.462 e. The van der Waals surface area contributed by atoms with Gasteiger partial charge in [0.15, 0.2) is 6.10 Å². The van der Waals surface area contributed by atoms with Crippen molar-refractivity contribution in [1.82, 2.24) is 4.90 Å². The van der Waals surface area contributed by atoms with E-state index in [9.17, 15) is 19.0 Å². The molecular weight excluding hydrogens is 737 g/mol. The van der Waals surface area contributed by atoms with Gasteiger partial charge in [-0.1, -0.05) is 159 Å². The molecule has 0 radical (unpaired) electrons. The Kier molecular flexibility index (Phi) is 40.6. The molecule has 0 bridgehead atoms. The van der Waals surface area contributed by atoms with E-state index in [1.807, 2.05) is 19.0 Å². The molecule has 0 amide bonds. The van der Waals surface area contributed by atoms with Crippen molar-refractivity contribution in [3.63, 3.8) is 0 Å². The van der Waals surface area contributed by atoms with Gasteiger partial charge in [-0.05, 0) is 84.7 Å². The number of unbranched alkanes of at least 4 members (excludes halogenated alkanes) is 20. The van der Waals surface area contributed by atoms with Gasteiger partial charge in [0.25, 0.3) is 0 Å². The molecule has 0 saturated carbocycles. The topological polar surface area (TPSA) is 112 Å². The summed E-state index contributed by atoms with van der Waals surface area (Å²) in [6.45, 7) is 4.25. The summed E-state index contributed by atoms with van der Waals surface area (Å²) in [6, 6.07) is 0. The maximum atomic E-state index is 12.6. The Labute approximate surface area is 350 Å². The van der Waals surface area contributed by atoms with Gasteiger partial charge in [0.05, 0.1) is 13.2 Å². The molecule has 0 rings (SSSR count). The van der Waals surface area contributed by atoms with Crippen LogP contribution in [0.25, 0.3) is 0 Å². The average molecular weight is 824 g/mol. The molecule has 9 nitrogen and oxygen atoms in total. The summed E-state index contributed by atoms with van der Waals surface area (Å²) in [5.74, 6) is -0.868. The van der Waals surface area contributed by atoms with E-state index >= 15 is 0 Å². The van der Waals surface area contributed by atoms with E-state index in [-0.39, 0.29) is 32.0 Å². The Morgan fingerprint density at radius 2 is 0.965 bits per heavy atom. The molecule has 0 aliphatic heterocycles. The molecule has 0 aromatic rings. The lowest BCUT2D eigenvalue weighted by atomic mass is 10.1. The van der Waals surface area contributed by atoms with Crippen LogP contribution in [0.1, 0.15) is 194 Å². The van der Waals surface area contributed by atoms with Crippen molar-refractivity contribution in [1.29, 1.82) is 0 Å². The van der Waals surface area contributed by atoms with Gasteiger partial charge < -0.3 is 19.3 Å². The Balaban J connectivity index is 4.35. The summed E-state index contributed by atoms with van der Waals surface area (Å²) in [5, 5.41) is 0.